The van der Waals surface area contributed by atoms with E-state index in [0.717, 1.165) is 11.1 Å². The van der Waals surface area contributed by atoms with Crippen molar-refractivity contribution in [2.75, 3.05) is 13.2 Å². The summed E-state index contributed by atoms with van der Waals surface area (Å²) in [6, 6.07) is 15.5. The fraction of sp³-hybridized carbons (Fsp3) is 0.286. The van der Waals surface area contributed by atoms with Gasteiger partial charge in [-0.2, -0.15) is 4.73 Å². The first kappa shape index (κ1) is 41.6. The minimum absolute atomic E-state index is 0.00915. The number of esters is 1. The van der Waals surface area contributed by atoms with E-state index in [1.54, 1.807) is 30.6 Å². The van der Waals surface area contributed by atoms with Crippen molar-refractivity contribution in [3.63, 3.8) is 0 Å². The van der Waals surface area contributed by atoms with Gasteiger partial charge in [-0.25, -0.2) is 9.59 Å². The van der Waals surface area contributed by atoms with Crippen LogP contribution in [-0.4, -0.2) is 114 Å². The molecule has 8 N–H and O–H groups in total. The second kappa shape index (κ2) is 17.0. The molecule has 3 aromatic carbocycles. The van der Waals surface area contributed by atoms with Crippen molar-refractivity contribution in [1.29, 1.82) is 0 Å². The van der Waals surface area contributed by atoms with Crippen LogP contribution in [0.25, 0.3) is 44.3 Å². The van der Waals surface area contributed by atoms with Crippen LogP contribution in [0.4, 0.5) is 0 Å². The van der Waals surface area contributed by atoms with Crippen molar-refractivity contribution < 1.29 is 68.5 Å². The van der Waals surface area contributed by atoms with Crippen LogP contribution in [-0.2, 0) is 23.9 Å². The van der Waals surface area contributed by atoms with E-state index in [2.05, 4.69) is 10.3 Å². The van der Waals surface area contributed by atoms with Crippen LogP contribution in [0.5, 0.6) is 11.5 Å². The van der Waals surface area contributed by atoms with Crippen molar-refractivity contribution in [2.24, 2.45) is 0 Å². The molecule has 3 aromatic heterocycles. The highest BCUT2D eigenvalue weighted by atomic mass is 16.8. The average molecular weight is 828 g/mol. The van der Waals surface area contributed by atoms with Gasteiger partial charge in [0.15, 0.2) is 17.1 Å². The van der Waals surface area contributed by atoms with Gasteiger partial charge in [-0.3, -0.25) is 10.1 Å². The number of nitrogens with one attached hydrogen (secondary N) is 2. The van der Waals surface area contributed by atoms with Crippen molar-refractivity contribution in [1.82, 2.24) is 15.0 Å². The van der Waals surface area contributed by atoms with Gasteiger partial charge >= 0.3 is 11.9 Å². The standard InChI is InChI=1S/C42H41N3O15/c1-21-14-22(2)16-25(15-21)33-31-24(10-12-44-31)18-45(33)60-37-41(57-27-8-9-28-30(17-27)56-19-29(34(28)49)23-4-6-26(48)7-5-23)58-35(36(50)42(37,55)20-47)40(54)59-39(53)32(38(51)52)43-11-3-13-46/h4-10,12-19,32,35-37,40-41,43-44,47-48,50,54-55H,3,11,20H2,1-2H3,(H,51,52). The number of carboxylic acids is 1. The predicted octanol–water partition coefficient (Wildman–Crippen LogP) is 1.91. The van der Waals surface area contributed by atoms with Crippen LogP contribution >= 0.6 is 0 Å². The van der Waals surface area contributed by atoms with E-state index in [-0.39, 0.29) is 41.0 Å². The SMILES string of the molecule is Cc1cc(C)cc(-c2c3[nH]ccc3cn2OC2C(Oc3ccc4c(=O)c(-c5ccc(O)cc5)coc4c3)OC(C(O)OC(=O)C(NCCC=O)C(=O)O)C(O)C2(O)CO)c1. The maximum Gasteiger partial charge on any atom is 0.337 e. The molecule has 4 heterocycles. The number of carbonyl (C=O) groups is 3. The number of carboxylic acid groups (broad SMARTS) is 1. The number of phenols is 1. The molecule has 0 bridgehead atoms. The highest BCUT2D eigenvalue weighted by Crippen LogP contribution is 2.37. The molecule has 7 rings (SSSR count). The number of rotatable bonds is 15. The number of fused-ring (bicyclic) bond motifs is 2. The zero-order chi connectivity index (χ0) is 42.9. The topological polar surface area (TPSA) is 272 Å². The number of aryl methyl sites for hydroxylation is 2. The number of benzene rings is 3. The molecule has 7 unspecified atom stereocenters. The molecule has 314 valence electrons. The second-order valence-corrected chi connectivity index (χ2v) is 14.4. The minimum atomic E-state index is -2.77. The van der Waals surface area contributed by atoms with E-state index in [1.807, 2.05) is 32.0 Å². The smallest absolute Gasteiger partial charge is 0.337 e. The van der Waals surface area contributed by atoms with Gasteiger partial charge in [0.2, 0.25) is 24.7 Å². The molecular weight excluding hydrogens is 786 g/mol. The van der Waals surface area contributed by atoms with Gasteiger partial charge in [0.05, 0.1) is 29.3 Å². The molecule has 1 saturated heterocycles. The number of hydrogen-bond acceptors (Lipinski definition) is 15. The Bertz CT molecular complexity index is 2580. The molecule has 1 aliphatic rings. The highest BCUT2D eigenvalue weighted by molar-refractivity contribution is 5.98. The van der Waals surface area contributed by atoms with Gasteiger partial charge in [-0.15, -0.1) is 0 Å². The lowest BCUT2D eigenvalue weighted by molar-refractivity contribution is -0.351. The molecule has 60 heavy (non-hydrogen) atoms. The van der Waals surface area contributed by atoms with E-state index in [1.165, 1.54) is 41.3 Å². The fourth-order valence-electron chi connectivity index (χ4n) is 7.18. The van der Waals surface area contributed by atoms with Crippen LogP contribution in [0.2, 0.25) is 0 Å². The number of aliphatic hydroxyl groups is 4. The first-order valence-electron chi connectivity index (χ1n) is 18.6. The Morgan fingerprint density at radius 1 is 1.05 bits per heavy atom. The Morgan fingerprint density at radius 3 is 2.47 bits per heavy atom. The first-order chi connectivity index (χ1) is 28.7. The third kappa shape index (κ3) is 8.07. The highest BCUT2D eigenvalue weighted by Gasteiger charge is 2.61. The number of phenolic OH excluding ortho intramolecular Hbond substituents is 1. The molecule has 0 aliphatic carbocycles. The van der Waals surface area contributed by atoms with Gasteiger partial charge in [0, 0.05) is 36.2 Å². The third-order valence-corrected chi connectivity index (χ3v) is 10.1. The van der Waals surface area contributed by atoms with Crippen molar-refractivity contribution >= 4 is 40.1 Å². The molecule has 0 amide bonds. The quantitative estimate of drug-likeness (QED) is 0.0241. The van der Waals surface area contributed by atoms with Crippen molar-refractivity contribution in [3.8, 4) is 33.9 Å². The Balaban J connectivity index is 1.27. The Labute approximate surface area is 339 Å². The second-order valence-electron chi connectivity index (χ2n) is 14.4. The summed E-state index contributed by atoms with van der Waals surface area (Å²) in [5, 5.41) is 68.2. The van der Waals surface area contributed by atoms with Gasteiger partial charge in [0.25, 0.3) is 0 Å². The normalized spacial score (nSPS) is 21.4. The zero-order valence-corrected chi connectivity index (χ0v) is 32.1. The number of carbonyl (C=O) groups excluding carboxylic acids is 2. The summed E-state index contributed by atoms with van der Waals surface area (Å²) in [4.78, 5) is 58.6. The average Bonchev–Trinajstić information content (AvgIpc) is 3.80. The molecule has 1 aliphatic heterocycles. The minimum Gasteiger partial charge on any atom is -0.508 e. The monoisotopic (exact) mass is 827 g/mol. The molecule has 7 atom stereocenters. The summed E-state index contributed by atoms with van der Waals surface area (Å²) in [6.07, 6.45) is -5.73. The Kier molecular flexibility index (Phi) is 11.8. The van der Waals surface area contributed by atoms with Crippen LogP contribution in [0.3, 0.4) is 0 Å². The molecule has 0 spiro atoms. The maximum absolute atomic E-state index is 13.5. The lowest BCUT2D eigenvalue weighted by atomic mass is 9.84. The summed E-state index contributed by atoms with van der Waals surface area (Å²) < 4.78 is 24.3. The zero-order valence-electron chi connectivity index (χ0n) is 32.1. The number of nitrogens with zero attached hydrogens (tertiary/aromatic N) is 1. The van der Waals surface area contributed by atoms with E-state index < -0.39 is 66.5 Å². The molecule has 18 heteroatoms. The summed E-state index contributed by atoms with van der Waals surface area (Å²) in [6.45, 7) is 2.35. The lowest BCUT2D eigenvalue weighted by Gasteiger charge is -2.48. The number of aromatic hydroxyl groups is 1. The third-order valence-electron chi connectivity index (χ3n) is 10.1. The number of aldehydes is 1. The van der Waals surface area contributed by atoms with Crippen molar-refractivity contribution in [2.45, 2.75) is 62.8 Å². The largest absolute Gasteiger partial charge is 0.508 e. The van der Waals surface area contributed by atoms with Gasteiger partial charge < -0.3 is 63.9 Å². The van der Waals surface area contributed by atoms with Gasteiger partial charge in [-0.05, 0) is 61.9 Å². The molecule has 6 aromatic rings. The Morgan fingerprint density at radius 2 is 1.78 bits per heavy atom. The van der Waals surface area contributed by atoms with E-state index in [9.17, 15) is 49.8 Å². The number of aliphatic hydroxyl groups excluding tert-OH is 3. The van der Waals surface area contributed by atoms with Crippen molar-refractivity contribution in [3.05, 3.63) is 107 Å². The molecule has 0 saturated carbocycles. The summed E-state index contributed by atoms with van der Waals surface area (Å²) in [7, 11) is 0. The number of H-pyrrole nitrogens is 1. The summed E-state index contributed by atoms with van der Waals surface area (Å²) >= 11 is 0. The maximum atomic E-state index is 13.5. The number of hydrogen-bond donors (Lipinski definition) is 8. The summed E-state index contributed by atoms with van der Waals surface area (Å²) in [5.41, 5.74) is 1.22. The number of aromatic amines is 1. The predicted molar refractivity (Wildman–Crippen MR) is 211 cm³/mol. The van der Waals surface area contributed by atoms with Gasteiger partial charge in [-0.1, -0.05) is 29.3 Å². The van der Waals surface area contributed by atoms with Crippen LogP contribution in [0.1, 0.15) is 17.5 Å². The Hall–Kier alpha value is -6.54. The van der Waals surface area contributed by atoms with Crippen LogP contribution in [0.15, 0.2) is 94.6 Å². The van der Waals surface area contributed by atoms with E-state index >= 15 is 0 Å². The van der Waals surface area contributed by atoms with Crippen LogP contribution < -0.4 is 20.3 Å². The van der Waals surface area contributed by atoms with Gasteiger partial charge in [0.1, 0.15) is 41.4 Å². The first-order valence-corrected chi connectivity index (χ1v) is 18.6. The van der Waals surface area contributed by atoms with E-state index in [4.69, 9.17) is 23.5 Å². The number of aromatic nitrogens is 2. The molecule has 0 radical (unpaired) electrons. The lowest BCUT2D eigenvalue weighted by Crippen LogP contribution is -2.73. The van der Waals surface area contributed by atoms with Crippen LogP contribution in [0, 0.1) is 13.8 Å². The molecule has 18 nitrogen and oxygen atoms in total. The summed E-state index contributed by atoms with van der Waals surface area (Å²) in [5.74, 6) is -3.28. The fourth-order valence-corrected chi connectivity index (χ4v) is 7.18. The number of ether oxygens (including phenoxy) is 3. The molecule has 1 fully saturated rings. The van der Waals surface area contributed by atoms with E-state index in [0.29, 0.717) is 34.0 Å². The molecular formula is C42H41N3O15. The number of aliphatic carboxylic acids is 1.